The molecule has 3 amide bonds. The average molecular weight is 810 g/mol. The van der Waals surface area contributed by atoms with Gasteiger partial charge in [0.05, 0.1) is 19.8 Å². The standard InChI is InChI=1S/C33H39N6O16P/c34-28(46)16-4-1-7-37(10-16)31-25(43)22(40)19(53-31)13-50-56(49,51-14-20-23(41)26(44)32(54-20)38-8-2-5-17(11-38)29(35)47)52-15-21-24(42)27(45)33(55-21)39-9-3-6-18(12-39)30(36)48/h1-12,19-27,31-33,40-45H,13-15H2,(H3-3,34,35,36,46,47,48)/p+3/t19-,20-,21-,22-,23-,24-,25-,26-,27-,31-,32-,33-/m1/s1. The second-order valence-electron chi connectivity index (χ2n) is 13.2. The van der Waals surface area contributed by atoms with E-state index in [1.165, 1.54) is 87.3 Å². The minimum atomic E-state index is -4.88. The predicted molar refractivity (Wildman–Crippen MR) is 179 cm³/mol. The van der Waals surface area contributed by atoms with Crippen LogP contribution in [-0.2, 0) is 32.3 Å². The number of carbonyl (C=O) groups is 3. The van der Waals surface area contributed by atoms with Gasteiger partial charge in [-0.2, -0.15) is 13.7 Å². The molecule has 0 aliphatic carbocycles. The van der Waals surface area contributed by atoms with Crippen molar-refractivity contribution in [1.29, 1.82) is 0 Å². The van der Waals surface area contributed by atoms with Crippen molar-refractivity contribution in [3.8, 4) is 0 Å². The number of nitrogens with two attached hydrogens (primary N) is 3. The Morgan fingerprint density at radius 2 is 0.804 bits per heavy atom. The van der Waals surface area contributed by atoms with Gasteiger partial charge in [-0.05, 0) is 18.2 Å². The molecule has 3 aliphatic heterocycles. The van der Waals surface area contributed by atoms with Crippen molar-refractivity contribution < 1.29 is 91.1 Å². The first-order chi connectivity index (χ1) is 26.6. The predicted octanol–water partition coefficient (Wildman–Crippen LogP) is -4.74. The molecule has 0 saturated carbocycles. The summed E-state index contributed by atoms with van der Waals surface area (Å²) < 4.78 is 52.1. The van der Waals surface area contributed by atoms with Crippen LogP contribution in [0, 0.1) is 0 Å². The topological polar surface area (TPSA) is 335 Å². The van der Waals surface area contributed by atoms with Crippen LogP contribution in [-0.4, -0.2) is 123 Å². The summed E-state index contributed by atoms with van der Waals surface area (Å²) in [5.74, 6) is -2.28. The second-order valence-corrected chi connectivity index (χ2v) is 14.9. The number of amides is 3. The smallest absolute Gasteiger partial charge is 0.387 e. The summed E-state index contributed by atoms with van der Waals surface area (Å²) in [4.78, 5) is 35.1. The number of nitrogens with zero attached hydrogens (tertiary/aromatic N) is 3. The molecule has 23 heteroatoms. The lowest BCUT2D eigenvalue weighted by Crippen LogP contribution is -2.46. The summed E-state index contributed by atoms with van der Waals surface area (Å²) in [6.45, 7) is -2.23. The van der Waals surface area contributed by atoms with Crippen molar-refractivity contribution in [2.45, 2.75) is 73.6 Å². The number of aliphatic hydroxyl groups is 6. The van der Waals surface area contributed by atoms with Crippen molar-refractivity contribution >= 4 is 25.5 Å². The lowest BCUT2D eigenvalue weighted by Gasteiger charge is -2.24. The molecular formula is C33H42N6O16P+3. The van der Waals surface area contributed by atoms with Crippen LogP contribution in [0.5, 0.6) is 0 Å². The van der Waals surface area contributed by atoms with E-state index in [9.17, 15) is 49.6 Å². The molecule has 0 aromatic carbocycles. The molecule has 3 saturated heterocycles. The Morgan fingerprint density at radius 3 is 1.05 bits per heavy atom. The van der Waals surface area contributed by atoms with Crippen LogP contribution in [0.2, 0.25) is 0 Å². The molecule has 3 aromatic heterocycles. The molecule has 6 rings (SSSR count). The van der Waals surface area contributed by atoms with Gasteiger partial charge >= 0.3 is 7.82 Å². The Morgan fingerprint density at radius 1 is 0.536 bits per heavy atom. The quantitative estimate of drug-likeness (QED) is 0.0514. The number of aliphatic hydroxyl groups excluding tert-OH is 6. The average Bonchev–Trinajstić information content (AvgIpc) is 3.76. The SMILES string of the molecule is NC(=O)c1ccc[n+]([C@@H]2O[C@H](COP(=O)(OC[C@H]3O[C@@H]([n+]4cccc(C(N)=O)c4)[C@H](O)[C@@H]3O)OC[C@H]3O[C@@H]([n+]4cccc(C(N)=O)c4)[C@H](O)[C@@H]3O)[C@@H](O)[C@H]2O)c1. The van der Waals surface area contributed by atoms with Gasteiger partial charge in [-0.1, -0.05) is 0 Å². The fraction of sp³-hybridized carbons (Fsp3) is 0.455. The van der Waals surface area contributed by atoms with E-state index in [1.807, 2.05) is 0 Å². The Bertz CT molecular complexity index is 1760. The van der Waals surface area contributed by atoms with Gasteiger partial charge in [0.25, 0.3) is 36.4 Å². The molecule has 3 aliphatic rings. The third kappa shape index (κ3) is 8.77. The zero-order valence-corrected chi connectivity index (χ0v) is 30.2. The Hall–Kier alpha value is -4.39. The maximum Gasteiger partial charge on any atom is 0.475 e. The van der Waals surface area contributed by atoms with E-state index in [2.05, 4.69) is 0 Å². The van der Waals surface area contributed by atoms with Gasteiger partial charge in [-0.3, -0.25) is 28.0 Å². The van der Waals surface area contributed by atoms with Crippen molar-refractivity contribution in [3.63, 3.8) is 0 Å². The third-order valence-electron chi connectivity index (χ3n) is 9.40. The van der Waals surface area contributed by atoms with Gasteiger partial charge < -0.3 is 62.1 Å². The van der Waals surface area contributed by atoms with Gasteiger partial charge in [-0.15, -0.1) is 0 Å². The zero-order chi connectivity index (χ0) is 40.5. The third-order valence-corrected chi connectivity index (χ3v) is 10.8. The highest BCUT2D eigenvalue weighted by Crippen LogP contribution is 2.51. The molecule has 0 spiro atoms. The maximum absolute atomic E-state index is 14.2. The summed E-state index contributed by atoms with van der Waals surface area (Å²) in [7, 11) is -4.88. The van der Waals surface area contributed by atoms with Gasteiger partial charge in [0.1, 0.15) is 53.3 Å². The van der Waals surface area contributed by atoms with E-state index in [0.29, 0.717) is 0 Å². The number of pyridine rings is 3. The van der Waals surface area contributed by atoms with Crippen molar-refractivity contribution in [1.82, 2.24) is 0 Å². The highest BCUT2D eigenvalue weighted by molar-refractivity contribution is 7.48. The molecule has 0 unspecified atom stereocenters. The minimum absolute atomic E-state index is 0.0779. The fourth-order valence-electron chi connectivity index (χ4n) is 6.34. The molecule has 6 heterocycles. The van der Waals surface area contributed by atoms with Crippen molar-refractivity contribution in [2.24, 2.45) is 17.2 Å². The van der Waals surface area contributed by atoms with E-state index in [0.717, 1.165) is 0 Å². The zero-order valence-electron chi connectivity index (χ0n) is 29.3. The van der Waals surface area contributed by atoms with E-state index in [-0.39, 0.29) is 16.7 Å². The molecule has 3 fully saturated rings. The summed E-state index contributed by atoms with van der Waals surface area (Å²) in [6, 6.07) is 8.66. The number of aromatic nitrogens is 3. The van der Waals surface area contributed by atoms with Crippen LogP contribution in [0.1, 0.15) is 49.8 Å². The van der Waals surface area contributed by atoms with Crippen molar-refractivity contribution in [3.05, 3.63) is 90.3 Å². The van der Waals surface area contributed by atoms with Crippen LogP contribution < -0.4 is 30.9 Å². The van der Waals surface area contributed by atoms with Gasteiger partial charge in [-0.25, -0.2) is 4.57 Å². The lowest BCUT2D eigenvalue weighted by atomic mass is 10.1. The number of phosphoric ester groups is 1. The van der Waals surface area contributed by atoms with Gasteiger partial charge in [0.2, 0.25) is 0 Å². The monoisotopic (exact) mass is 809 g/mol. The maximum atomic E-state index is 14.2. The molecule has 3 aromatic rings. The lowest BCUT2D eigenvalue weighted by molar-refractivity contribution is -0.766. The summed E-state index contributed by atoms with van der Waals surface area (Å²) in [5.41, 5.74) is 16.3. The molecular weight excluding hydrogens is 767 g/mol. The number of carbonyl (C=O) groups excluding carboxylic acids is 3. The highest BCUT2D eigenvalue weighted by atomic mass is 31.2. The van der Waals surface area contributed by atoms with Crippen LogP contribution >= 0.6 is 7.82 Å². The number of hydrogen-bond acceptors (Lipinski definition) is 16. The molecule has 302 valence electrons. The number of primary amides is 3. The summed E-state index contributed by atoms with van der Waals surface area (Å²) in [6.07, 6.45) is -9.30. The molecule has 0 bridgehead atoms. The fourth-order valence-corrected chi connectivity index (χ4v) is 7.55. The van der Waals surface area contributed by atoms with Gasteiger partial charge in [0.15, 0.2) is 55.5 Å². The number of phosphoric acid groups is 1. The largest absolute Gasteiger partial charge is 0.475 e. The molecule has 12 atom stereocenters. The first kappa shape index (κ1) is 41.2. The van der Waals surface area contributed by atoms with Crippen LogP contribution in [0.15, 0.2) is 73.6 Å². The number of ether oxygens (including phenoxy) is 3. The summed E-state index contributed by atoms with van der Waals surface area (Å²) in [5, 5.41) is 64.8. The highest BCUT2D eigenvalue weighted by Gasteiger charge is 2.53. The second kappa shape index (κ2) is 17.0. The normalized spacial score (nSPS) is 31.8. The Kier molecular flexibility index (Phi) is 12.5. The van der Waals surface area contributed by atoms with Gasteiger partial charge in [0, 0.05) is 18.2 Å². The molecule has 0 radical (unpaired) electrons. The molecule has 12 N–H and O–H groups in total. The van der Waals surface area contributed by atoms with Crippen LogP contribution in [0.3, 0.4) is 0 Å². The van der Waals surface area contributed by atoms with Crippen LogP contribution in [0.4, 0.5) is 0 Å². The molecule has 22 nitrogen and oxygen atoms in total. The first-order valence-corrected chi connectivity index (χ1v) is 18.5. The number of rotatable bonds is 15. The van der Waals surface area contributed by atoms with E-state index >= 15 is 0 Å². The van der Waals surface area contributed by atoms with Crippen LogP contribution in [0.25, 0.3) is 0 Å². The Labute approximate surface area is 317 Å². The number of hydrogen-bond donors (Lipinski definition) is 9. The Balaban J connectivity index is 1.18. The minimum Gasteiger partial charge on any atom is -0.387 e. The van der Waals surface area contributed by atoms with E-state index in [1.54, 1.807) is 0 Å². The van der Waals surface area contributed by atoms with Crippen molar-refractivity contribution in [2.75, 3.05) is 19.8 Å². The summed E-state index contributed by atoms with van der Waals surface area (Å²) >= 11 is 0. The first-order valence-electron chi connectivity index (χ1n) is 17.1. The van der Waals surface area contributed by atoms with E-state index in [4.69, 9.17) is 45.0 Å². The van der Waals surface area contributed by atoms with E-state index < -0.39 is 119 Å². The molecule has 56 heavy (non-hydrogen) atoms.